The van der Waals surface area contributed by atoms with Crippen LogP contribution in [0.2, 0.25) is 0 Å². The smallest absolute Gasteiger partial charge is 0.344 e. The van der Waals surface area contributed by atoms with Gasteiger partial charge < -0.3 is 4.74 Å². The summed E-state index contributed by atoms with van der Waals surface area (Å²) < 4.78 is 5.66. The number of benzene rings is 4. The van der Waals surface area contributed by atoms with Gasteiger partial charge in [0, 0.05) is 0 Å². The van der Waals surface area contributed by atoms with E-state index in [9.17, 15) is 4.79 Å². The standard InChI is InChI=1S/C22H16O2/c1-15-7-6-10-18(13-15)24-22(23)21-19-11-4-2-8-16(19)14-17-9-3-5-12-20(17)21/h2-14H,1H3. The minimum absolute atomic E-state index is 0.325. The normalized spacial score (nSPS) is 10.9. The Bertz CT molecular complexity index is 1010. The highest BCUT2D eigenvalue weighted by atomic mass is 16.5. The zero-order valence-corrected chi connectivity index (χ0v) is 13.3. The van der Waals surface area contributed by atoms with Gasteiger partial charge in [0.15, 0.2) is 0 Å². The molecule has 0 aliphatic rings. The number of carbonyl (C=O) groups is 1. The van der Waals surface area contributed by atoms with Crippen LogP contribution in [0.25, 0.3) is 21.5 Å². The number of hydrogen-bond acceptors (Lipinski definition) is 2. The molecule has 4 aromatic carbocycles. The van der Waals surface area contributed by atoms with E-state index in [2.05, 4.69) is 6.07 Å². The van der Waals surface area contributed by atoms with Crippen LogP contribution < -0.4 is 4.74 Å². The zero-order valence-electron chi connectivity index (χ0n) is 13.3. The van der Waals surface area contributed by atoms with E-state index in [1.54, 1.807) is 6.07 Å². The van der Waals surface area contributed by atoms with E-state index < -0.39 is 0 Å². The Kier molecular flexibility index (Phi) is 3.51. The van der Waals surface area contributed by atoms with Crippen LogP contribution in [0.4, 0.5) is 0 Å². The molecule has 0 spiro atoms. The summed E-state index contributed by atoms with van der Waals surface area (Å²) in [6.07, 6.45) is 0. The minimum Gasteiger partial charge on any atom is -0.423 e. The van der Waals surface area contributed by atoms with Crippen molar-refractivity contribution in [3.63, 3.8) is 0 Å². The maximum atomic E-state index is 12.9. The van der Waals surface area contributed by atoms with Crippen molar-refractivity contribution in [2.24, 2.45) is 0 Å². The van der Waals surface area contributed by atoms with Crippen LogP contribution in [-0.2, 0) is 0 Å². The third kappa shape index (κ3) is 2.52. The predicted molar refractivity (Wildman–Crippen MR) is 97.6 cm³/mol. The summed E-state index contributed by atoms with van der Waals surface area (Å²) in [6.45, 7) is 1.98. The molecule has 116 valence electrons. The predicted octanol–water partition coefficient (Wildman–Crippen LogP) is 5.52. The van der Waals surface area contributed by atoms with Crippen LogP contribution >= 0.6 is 0 Å². The first-order valence-electron chi connectivity index (χ1n) is 7.92. The van der Waals surface area contributed by atoms with Gasteiger partial charge in [0.05, 0.1) is 5.56 Å². The third-order valence-electron chi connectivity index (χ3n) is 4.18. The fourth-order valence-electron chi connectivity index (χ4n) is 3.07. The second kappa shape index (κ2) is 5.82. The van der Waals surface area contributed by atoms with E-state index in [4.69, 9.17) is 4.74 Å². The van der Waals surface area contributed by atoms with Gasteiger partial charge in [0.2, 0.25) is 0 Å². The van der Waals surface area contributed by atoms with Crippen molar-refractivity contribution in [3.8, 4) is 5.75 Å². The molecule has 0 saturated heterocycles. The molecule has 0 fully saturated rings. The molecule has 0 atom stereocenters. The lowest BCUT2D eigenvalue weighted by Gasteiger charge is -2.11. The van der Waals surface area contributed by atoms with Crippen LogP contribution in [0, 0.1) is 6.92 Å². The highest BCUT2D eigenvalue weighted by molar-refractivity contribution is 6.16. The van der Waals surface area contributed by atoms with Gasteiger partial charge in [-0.3, -0.25) is 0 Å². The quantitative estimate of drug-likeness (QED) is 0.277. The summed E-state index contributed by atoms with van der Waals surface area (Å²) in [5.74, 6) is 0.241. The van der Waals surface area contributed by atoms with Crippen molar-refractivity contribution < 1.29 is 9.53 Å². The molecule has 0 radical (unpaired) electrons. The van der Waals surface area contributed by atoms with E-state index in [0.29, 0.717) is 11.3 Å². The van der Waals surface area contributed by atoms with Crippen LogP contribution in [0.5, 0.6) is 5.75 Å². The minimum atomic E-state index is -0.325. The van der Waals surface area contributed by atoms with E-state index in [1.165, 1.54) is 0 Å². The molecule has 0 aromatic heterocycles. The van der Waals surface area contributed by atoms with E-state index in [1.807, 2.05) is 73.7 Å². The Morgan fingerprint density at radius 2 is 1.38 bits per heavy atom. The van der Waals surface area contributed by atoms with Crippen LogP contribution in [0.1, 0.15) is 15.9 Å². The highest BCUT2D eigenvalue weighted by Gasteiger charge is 2.16. The lowest BCUT2D eigenvalue weighted by Crippen LogP contribution is -2.10. The molecule has 0 heterocycles. The Labute approximate surface area is 140 Å². The number of rotatable bonds is 2. The van der Waals surface area contributed by atoms with Gasteiger partial charge >= 0.3 is 5.97 Å². The van der Waals surface area contributed by atoms with E-state index >= 15 is 0 Å². The molecule has 0 unspecified atom stereocenters. The number of ether oxygens (including phenoxy) is 1. The molecule has 4 rings (SSSR count). The van der Waals surface area contributed by atoms with Crippen molar-refractivity contribution >= 4 is 27.5 Å². The number of aryl methyl sites for hydroxylation is 1. The summed E-state index contributed by atoms with van der Waals surface area (Å²) in [4.78, 5) is 12.9. The Hall–Kier alpha value is -3.13. The molecule has 0 N–H and O–H groups in total. The molecule has 0 aliphatic carbocycles. The lowest BCUT2D eigenvalue weighted by molar-refractivity contribution is 0.0739. The second-order valence-electron chi connectivity index (χ2n) is 5.90. The maximum absolute atomic E-state index is 12.9. The molecule has 2 heteroatoms. The second-order valence-corrected chi connectivity index (χ2v) is 5.90. The first kappa shape index (κ1) is 14.5. The molecule has 24 heavy (non-hydrogen) atoms. The fourth-order valence-corrected chi connectivity index (χ4v) is 3.07. The number of fused-ring (bicyclic) bond motifs is 2. The van der Waals surface area contributed by atoms with E-state index in [-0.39, 0.29) is 5.97 Å². The highest BCUT2D eigenvalue weighted by Crippen LogP contribution is 2.29. The average Bonchev–Trinajstić information content (AvgIpc) is 2.59. The van der Waals surface area contributed by atoms with Crippen molar-refractivity contribution in [2.45, 2.75) is 6.92 Å². The molecule has 0 amide bonds. The van der Waals surface area contributed by atoms with E-state index in [0.717, 1.165) is 27.1 Å². The summed E-state index contributed by atoms with van der Waals surface area (Å²) in [6, 6.07) is 25.5. The molecule has 0 aliphatic heterocycles. The third-order valence-corrected chi connectivity index (χ3v) is 4.18. The zero-order chi connectivity index (χ0) is 16.5. The number of esters is 1. The summed E-state index contributed by atoms with van der Waals surface area (Å²) in [7, 11) is 0. The summed E-state index contributed by atoms with van der Waals surface area (Å²) in [5, 5.41) is 3.89. The first-order valence-corrected chi connectivity index (χ1v) is 7.92. The van der Waals surface area contributed by atoms with Crippen LogP contribution in [-0.4, -0.2) is 5.97 Å². The molecule has 2 nitrogen and oxygen atoms in total. The largest absolute Gasteiger partial charge is 0.423 e. The van der Waals surface area contributed by atoms with Crippen molar-refractivity contribution in [2.75, 3.05) is 0 Å². The van der Waals surface area contributed by atoms with Gasteiger partial charge in [0.25, 0.3) is 0 Å². The topological polar surface area (TPSA) is 26.3 Å². The van der Waals surface area contributed by atoms with Crippen LogP contribution in [0.3, 0.4) is 0 Å². The Balaban J connectivity index is 1.91. The van der Waals surface area contributed by atoms with Gasteiger partial charge in [-0.1, -0.05) is 60.7 Å². The van der Waals surface area contributed by atoms with Gasteiger partial charge in [-0.25, -0.2) is 4.79 Å². The Morgan fingerprint density at radius 3 is 2.00 bits per heavy atom. The molecule has 4 aromatic rings. The Morgan fingerprint density at radius 1 is 0.750 bits per heavy atom. The van der Waals surface area contributed by atoms with Gasteiger partial charge in [-0.05, 0) is 52.2 Å². The maximum Gasteiger partial charge on any atom is 0.344 e. The SMILES string of the molecule is Cc1cccc(OC(=O)c2c3ccccc3cc3ccccc23)c1. The molecular formula is C22H16O2. The monoisotopic (exact) mass is 312 g/mol. The lowest BCUT2D eigenvalue weighted by atomic mass is 9.97. The van der Waals surface area contributed by atoms with Gasteiger partial charge in [0.1, 0.15) is 5.75 Å². The molecule has 0 bridgehead atoms. The van der Waals surface area contributed by atoms with Gasteiger partial charge in [-0.15, -0.1) is 0 Å². The van der Waals surface area contributed by atoms with Crippen molar-refractivity contribution in [3.05, 3.63) is 90.0 Å². The van der Waals surface area contributed by atoms with Crippen molar-refractivity contribution in [1.82, 2.24) is 0 Å². The number of hydrogen-bond donors (Lipinski definition) is 0. The number of carbonyl (C=O) groups excluding carboxylic acids is 1. The van der Waals surface area contributed by atoms with Crippen molar-refractivity contribution in [1.29, 1.82) is 0 Å². The fraction of sp³-hybridized carbons (Fsp3) is 0.0455. The summed E-state index contributed by atoms with van der Waals surface area (Å²) >= 11 is 0. The van der Waals surface area contributed by atoms with Gasteiger partial charge in [-0.2, -0.15) is 0 Å². The first-order chi connectivity index (χ1) is 11.7. The summed E-state index contributed by atoms with van der Waals surface area (Å²) in [5.41, 5.74) is 1.67. The molecule has 0 saturated carbocycles. The van der Waals surface area contributed by atoms with Crippen LogP contribution in [0.15, 0.2) is 78.9 Å². The molecular weight excluding hydrogens is 296 g/mol. The average molecular weight is 312 g/mol.